The van der Waals surface area contributed by atoms with Crippen LogP contribution >= 0.6 is 0 Å². The minimum Gasteiger partial charge on any atom is -0.772 e. The minimum absolute atomic E-state index is 0.146. The first-order valence-electron chi connectivity index (χ1n) is 8.50. The Bertz CT molecular complexity index is 1140. The van der Waals surface area contributed by atoms with Crippen LogP contribution in [-0.4, -0.2) is 19.7 Å². The van der Waals surface area contributed by atoms with Crippen molar-refractivity contribution >= 4 is 39.3 Å². The van der Waals surface area contributed by atoms with Crippen molar-refractivity contribution in [2.24, 2.45) is 5.73 Å². The van der Waals surface area contributed by atoms with E-state index in [1.54, 1.807) is 36.4 Å². The lowest BCUT2D eigenvalue weighted by atomic mass is 10.0. The Morgan fingerprint density at radius 1 is 1.36 bits per heavy atom. The van der Waals surface area contributed by atoms with Gasteiger partial charge in [0, 0.05) is 23.0 Å². The second kappa shape index (κ2) is 8.17. The molecule has 0 spiro atoms. The van der Waals surface area contributed by atoms with Gasteiger partial charge in [-0.2, -0.15) is 5.26 Å². The molecule has 1 unspecified atom stereocenters. The van der Waals surface area contributed by atoms with E-state index >= 15 is 0 Å². The van der Waals surface area contributed by atoms with Crippen LogP contribution in [0.5, 0.6) is 0 Å². The zero-order valence-electron chi connectivity index (χ0n) is 15.1. The summed E-state index contributed by atoms with van der Waals surface area (Å²) in [5.74, 6) is -0.809. The predicted octanol–water partition coefficient (Wildman–Crippen LogP) is 2.89. The standard InChI is InChI=1S/C20H18N4O3S/c1-2-14-6-13(11-28(26)27)8-16-18(14)23-10-17(20(22)25)19(16)24-15-5-3-4-12(7-15)9-21/h3-8,10H,2,11H2,1H3,(H2,22,25)(H,23,24)(H,26,27)/p-1. The number of carbonyl (C=O) groups is 1. The molecule has 28 heavy (non-hydrogen) atoms. The van der Waals surface area contributed by atoms with E-state index in [0.717, 1.165) is 5.56 Å². The third-order valence-corrected chi connectivity index (χ3v) is 4.87. The van der Waals surface area contributed by atoms with Gasteiger partial charge in [-0.1, -0.05) is 30.1 Å². The third-order valence-electron chi connectivity index (χ3n) is 4.30. The Labute approximate surface area is 164 Å². The smallest absolute Gasteiger partial charge is 0.252 e. The molecule has 1 aromatic heterocycles. The van der Waals surface area contributed by atoms with Crippen LogP contribution in [0.2, 0.25) is 0 Å². The lowest BCUT2D eigenvalue weighted by Gasteiger charge is -2.16. The number of anilines is 2. The number of fused-ring (bicyclic) bond motifs is 1. The number of hydrogen-bond donors (Lipinski definition) is 2. The molecular formula is C20H17N4O3S-. The fourth-order valence-corrected chi connectivity index (χ4v) is 3.50. The van der Waals surface area contributed by atoms with Gasteiger partial charge >= 0.3 is 0 Å². The highest BCUT2D eigenvalue weighted by Crippen LogP contribution is 2.32. The first-order chi connectivity index (χ1) is 13.4. The zero-order valence-corrected chi connectivity index (χ0v) is 15.9. The second-order valence-corrected chi connectivity index (χ2v) is 7.08. The molecule has 2 aromatic carbocycles. The van der Waals surface area contributed by atoms with Gasteiger partial charge in [-0.15, -0.1) is 0 Å². The molecule has 0 aliphatic heterocycles. The van der Waals surface area contributed by atoms with Crippen molar-refractivity contribution in [2.75, 3.05) is 5.32 Å². The van der Waals surface area contributed by atoms with Gasteiger partial charge in [-0.05, 0) is 41.8 Å². The van der Waals surface area contributed by atoms with E-state index in [4.69, 9.17) is 11.0 Å². The Morgan fingerprint density at radius 3 is 2.79 bits per heavy atom. The van der Waals surface area contributed by atoms with Crippen LogP contribution < -0.4 is 11.1 Å². The van der Waals surface area contributed by atoms with Crippen molar-refractivity contribution in [2.45, 2.75) is 19.1 Å². The molecule has 142 valence electrons. The number of rotatable bonds is 6. The number of primary amides is 1. The minimum atomic E-state index is -2.25. The van der Waals surface area contributed by atoms with Crippen molar-refractivity contribution in [3.8, 4) is 6.07 Å². The molecule has 1 atom stereocenters. The molecular weight excluding hydrogens is 376 g/mol. The number of nitrogens with one attached hydrogen (secondary N) is 1. The summed E-state index contributed by atoms with van der Waals surface area (Å²) < 4.78 is 22.4. The van der Waals surface area contributed by atoms with E-state index < -0.39 is 17.0 Å². The Morgan fingerprint density at radius 2 is 2.14 bits per heavy atom. The normalized spacial score (nSPS) is 11.8. The van der Waals surface area contributed by atoms with Crippen molar-refractivity contribution in [1.29, 1.82) is 5.26 Å². The molecule has 0 bridgehead atoms. The van der Waals surface area contributed by atoms with Gasteiger partial charge < -0.3 is 15.6 Å². The maximum atomic E-state index is 12.0. The highest BCUT2D eigenvalue weighted by molar-refractivity contribution is 7.78. The number of nitrogens with zero attached hydrogens (tertiary/aromatic N) is 2. The van der Waals surface area contributed by atoms with Crippen LogP contribution in [0.4, 0.5) is 11.4 Å². The quantitative estimate of drug-likeness (QED) is 0.619. The zero-order chi connectivity index (χ0) is 20.3. The van der Waals surface area contributed by atoms with Gasteiger partial charge in [0.25, 0.3) is 5.91 Å². The Balaban J connectivity index is 2.26. The predicted molar refractivity (Wildman–Crippen MR) is 107 cm³/mol. The van der Waals surface area contributed by atoms with Crippen LogP contribution in [0.15, 0.2) is 42.6 Å². The molecule has 8 heteroatoms. The Hall–Kier alpha value is -3.28. The SMILES string of the molecule is CCc1cc(CS(=O)[O-])cc2c(Nc3cccc(C#N)c3)c(C(N)=O)cnc12. The third kappa shape index (κ3) is 4.01. The van der Waals surface area contributed by atoms with Gasteiger partial charge in [0.1, 0.15) is 0 Å². The number of hydrogen-bond acceptors (Lipinski definition) is 6. The van der Waals surface area contributed by atoms with Crippen LogP contribution in [0.25, 0.3) is 10.9 Å². The molecule has 0 aliphatic carbocycles. The van der Waals surface area contributed by atoms with E-state index in [1.807, 2.05) is 6.92 Å². The summed E-state index contributed by atoms with van der Waals surface area (Å²) in [5.41, 5.74) is 9.32. The lowest BCUT2D eigenvalue weighted by Crippen LogP contribution is -2.14. The van der Waals surface area contributed by atoms with E-state index in [1.165, 1.54) is 6.20 Å². The average Bonchev–Trinajstić information content (AvgIpc) is 2.67. The summed E-state index contributed by atoms with van der Waals surface area (Å²) in [6.45, 7) is 1.94. The number of aromatic nitrogens is 1. The van der Waals surface area contributed by atoms with Gasteiger partial charge in [0.05, 0.1) is 28.4 Å². The largest absolute Gasteiger partial charge is 0.772 e. The van der Waals surface area contributed by atoms with E-state index in [9.17, 15) is 13.6 Å². The van der Waals surface area contributed by atoms with Crippen molar-refractivity contribution in [3.63, 3.8) is 0 Å². The first-order valence-corrected chi connectivity index (χ1v) is 9.74. The highest BCUT2D eigenvalue weighted by Gasteiger charge is 2.16. The molecule has 3 aromatic rings. The fraction of sp³-hybridized carbons (Fsp3) is 0.150. The highest BCUT2D eigenvalue weighted by atomic mass is 32.2. The molecule has 7 nitrogen and oxygen atoms in total. The van der Waals surface area contributed by atoms with E-state index in [2.05, 4.69) is 16.4 Å². The molecule has 0 fully saturated rings. The maximum absolute atomic E-state index is 12.0. The number of pyridine rings is 1. The summed E-state index contributed by atoms with van der Waals surface area (Å²) in [4.78, 5) is 16.4. The number of aryl methyl sites for hydroxylation is 1. The topological polar surface area (TPSA) is 132 Å². The summed E-state index contributed by atoms with van der Waals surface area (Å²) in [6, 6.07) is 12.4. The summed E-state index contributed by atoms with van der Waals surface area (Å²) in [7, 11) is 0. The molecule has 3 rings (SSSR count). The maximum Gasteiger partial charge on any atom is 0.252 e. The first kappa shape index (κ1) is 19.5. The molecule has 1 heterocycles. The number of nitrogens with two attached hydrogens (primary N) is 1. The van der Waals surface area contributed by atoms with Gasteiger partial charge in [-0.3, -0.25) is 14.0 Å². The van der Waals surface area contributed by atoms with Crippen LogP contribution in [0.1, 0.15) is 34.0 Å². The summed E-state index contributed by atoms with van der Waals surface area (Å²) in [6.07, 6.45) is 2.05. The number of carbonyl (C=O) groups excluding carboxylic acids is 1. The molecule has 0 aliphatic rings. The molecule has 3 N–H and O–H groups in total. The average molecular weight is 393 g/mol. The number of amides is 1. The number of benzene rings is 2. The van der Waals surface area contributed by atoms with Gasteiger partial charge in [0.2, 0.25) is 0 Å². The van der Waals surface area contributed by atoms with E-state index in [-0.39, 0.29) is 11.3 Å². The van der Waals surface area contributed by atoms with Crippen LogP contribution in [0, 0.1) is 11.3 Å². The molecule has 0 saturated heterocycles. The number of nitriles is 1. The van der Waals surface area contributed by atoms with Crippen LogP contribution in [-0.2, 0) is 23.3 Å². The van der Waals surface area contributed by atoms with Crippen molar-refractivity contribution in [1.82, 2.24) is 4.98 Å². The van der Waals surface area contributed by atoms with E-state index in [0.29, 0.717) is 39.8 Å². The monoisotopic (exact) mass is 393 g/mol. The van der Waals surface area contributed by atoms with Crippen LogP contribution in [0.3, 0.4) is 0 Å². The Kier molecular flexibility index (Phi) is 5.68. The van der Waals surface area contributed by atoms with Gasteiger partial charge in [-0.25, -0.2) is 0 Å². The van der Waals surface area contributed by atoms with Crippen molar-refractivity contribution in [3.05, 3.63) is 64.8 Å². The fourth-order valence-electron chi connectivity index (χ4n) is 3.06. The molecule has 0 radical (unpaired) electrons. The second-order valence-electron chi connectivity index (χ2n) is 6.18. The van der Waals surface area contributed by atoms with Gasteiger partial charge in [0.15, 0.2) is 0 Å². The molecule has 1 amide bonds. The van der Waals surface area contributed by atoms with Crippen molar-refractivity contribution < 1.29 is 13.6 Å². The molecule has 0 saturated carbocycles. The summed E-state index contributed by atoms with van der Waals surface area (Å²) >= 11 is -2.25. The lowest BCUT2D eigenvalue weighted by molar-refractivity contribution is 0.100. The summed E-state index contributed by atoms with van der Waals surface area (Å²) in [5, 5.41) is 12.9.